The van der Waals surface area contributed by atoms with Gasteiger partial charge in [-0.05, 0) is 48.8 Å². The minimum Gasteiger partial charge on any atom is -0.322 e. The summed E-state index contributed by atoms with van der Waals surface area (Å²) in [5, 5.41) is 4.42. The molecule has 1 aromatic heterocycles. The molecule has 2 rings (SSSR count). The average Bonchev–Trinajstić information content (AvgIpc) is 2.60. The molecule has 0 aliphatic rings. The number of halogens is 1. The second-order valence-corrected chi connectivity index (χ2v) is 5.58. The Morgan fingerprint density at radius 3 is 2.47 bits per heavy atom. The van der Waals surface area contributed by atoms with Gasteiger partial charge in [0.25, 0.3) is 0 Å². The summed E-state index contributed by atoms with van der Waals surface area (Å²) in [6, 6.07) is 8.01. The fraction of sp³-hybridized carbons (Fsp3) is 0.308. The highest BCUT2D eigenvalue weighted by molar-refractivity contribution is 9.10. The van der Waals surface area contributed by atoms with Crippen molar-refractivity contribution < 1.29 is 0 Å². The van der Waals surface area contributed by atoms with Crippen molar-refractivity contribution in [3.8, 4) is 5.69 Å². The van der Waals surface area contributed by atoms with Crippen LogP contribution in [0.5, 0.6) is 0 Å². The highest BCUT2D eigenvalue weighted by atomic mass is 79.9. The Balaban J connectivity index is 2.56. The van der Waals surface area contributed by atoms with Gasteiger partial charge in [0.05, 0.1) is 11.9 Å². The SMILES string of the molecule is Cc1c(C(C)(C)N)cnn1-c1ccccc1Br. The quantitative estimate of drug-likeness (QED) is 0.924. The van der Waals surface area contributed by atoms with E-state index in [9.17, 15) is 0 Å². The van der Waals surface area contributed by atoms with Gasteiger partial charge < -0.3 is 5.73 Å². The largest absolute Gasteiger partial charge is 0.322 e. The Morgan fingerprint density at radius 1 is 1.29 bits per heavy atom. The van der Waals surface area contributed by atoms with E-state index in [1.54, 1.807) is 0 Å². The normalized spacial score (nSPS) is 11.8. The molecule has 2 aromatic rings. The minimum atomic E-state index is -0.371. The molecular formula is C13H16BrN3. The predicted molar refractivity (Wildman–Crippen MR) is 73.2 cm³/mol. The van der Waals surface area contributed by atoms with Crippen LogP contribution in [0.1, 0.15) is 25.1 Å². The van der Waals surface area contributed by atoms with Gasteiger partial charge in [0.15, 0.2) is 0 Å². The summed E-state index contributed by atoms with van der Waals surface area (Å²) in [7, 11) is 0. The van der Waals surface area contributed by atoms with Gasteiger partial charge in [-0.1, -0.05) is 12.1 Å². The maximum absolute atomic E-state index is 6.12. The highest BCUT2D eigenvalue weighted by Gasteiger charge is 2.21. The van der Waals surface area contributed by atoms with E-state index in [1.165, 1.54) is 0 Å². The first-order valence-electron chi connectivity index (χ1n) is 5.50. The van der Waals surface area contributed by atoms with Gasteiger partial charge in [-0.2, -0.15) is 5.10 Å². The Morgan fingerprint density at radius 2 is 1.94 bits per heavy atom. The van der Waals surface area contributed by atoms with Gasteiger partial charge in [-0.3, -0.25) is 0 Å². The van der Waals surface area contributed by atoms with Crippen LogP contribution in [0.3, 0.4) is 0 Å². The van der Waals surface area contributed by atoms with Crippen molar-refractivity contribution in [3.63, 3.8) is 0 Å². The zero-order valence-corrected chi connectivity index (χ0v) is 11.8. The maximum atomic E-state index is 6.12. The van der Waals surface area contributed by atoms with Crippen LogP contribution in [0, 0.1) is 6.92 Å². The van der Waals surface area contributed by atoms with Crippen LogP contribution in [-0.4, -0.2) is 9.78 Å². The third kappa shape index (κ3) is 2.28. The number of benzene rings is 1. The van der Waals surface area contributed by atoms with Gasteiger partial charge in [0.2, 0.25) is 0 Å². The molecule has 1 aromatic carbocycles. The molecule has 0 fully saturated rings. The molecule has 0 spiro atoms. The molecule has 0 bridgehead atoms. The lowest BCUT2D eigenvalue weighted by atomic mass is 9.97. The van der Waals surface area contributed by atoms with E-state index in [0.29, 0.717) is 0 Å². The van der Waals surface area contributed by atoms with Gasteiger partial charge in [0, 0.05) is 21.3 Å². The Kier molecular flexibility index (Phi) is 3.10. The van der Waals surface area contributed by atoms with Gasteiger partial charge in [-0.15, -0.1) is 0 Å². The monoisotopic (exact) mass is 293 g/mol. The summed E-state index contributed by atoms with van der Waals surface area (Å²) in [6.07, 6.45) is 1.84. The van der Waals surface area contributed by atoms with Crippen LogP contribution < -0.4 is 5.73 Å². The first-order valence-corrected chi connectivity index (χ1v) is 6.29. The molecule has 0 saturated carbocycles. The van der Waals surface area contributed by atoms with Gasteiger partial charge >= 0.3 is 0 Å². The van der Waals surface area contributed by atoms with E-state index < -0.39 is 0 Å². The van der Waals surface area contributed by atoms with Crippen molar-refractivity contribution in [2.45, 2.75) is 26.3 Å². The number of aromatic nitrogens is 2. The Hall–Kier alpha value is -1.13. The molecule has 0 amide bonds. The van der Waals surface area contributed by atoms with Crippen molar-refractivity contribution in [3.05, 3.63) is 46.2 Å². The number of hydrogen-bond donors (Lipinski definition) is 1. The third-order valence-corrected chi connectivity index (χ3v) is 3.46. The van der Waals surface area contributed by atoms with E-state index in [0.717, 1.165) is 21.4 Å². The molecule has 1 heterocycles. The summed E-state index contributed by atoms with van der Waals surface area (Å²) < 4.78 is 2.93. The van der Waals surface area contributed by atoms with Crippen LogP contribution in [0.4, 0.5) is 0 Å². The summed E-state index contributed by atoms with van der Waals surface area (Å²) >= 11 is 3.53. The van der Waals surface area contributed by atoms with Crippen LogP contribution >= 0.6 is 15.9 Å². The molecule has 0 aliphatic carbocycles. The van der Waals surface area contributed by atoms with Crippen LogP contribution in [0.2, 0.25) is 0 Å². The molecule has 90 valence electrons. The molecule has 0 aliphatic heterocycles. The zero-order valence-electron chi connectivity index (χ0n) is 10.2. The fourth-order valence-electron chi connectivity index (χ4n) is 1.91. The van der Waals surface area contributed by atoms with E-state index >= 15 is 0 Å². The van der Waals surface area contributed by atoms with Gasteiger partial charge in [0.1, 0.15) is 0 Å². The first-order chi connectivity index (χ1) is 7.91. The smallest absolute Gasteiger partial charge is 0.0790 e. The molecule has 4 heteroatoms. The number of nitrogens with two attached hydrogens (primary N) is 1. The predicted octanol–water partition coefficient (Wildman–Crippen LogP) is 3.14. The summed E-state index contributed by atoms with van der Waals surface area (Å²) in [5.41, 5.74) is 8.92. The molecule has 0 saturated heterocycles. The fourth-order valence-corrected chi connectivity index (χ4v) is 2.36. The summed E-state index contributed by atoms with van der Waals surface area (Å²) in [5.74, 6) is 0. The number of nitrogens with zero attached hydrogens (tertiary/aromatic N) is 2. The van der Waals surface area contributed by atoms with E-state index in [2.05, 4.69) is 21.0 Å². The molecule has 0 atom stereocenters. The summed E-state index contributed by atoms with van der Waals surface area (Å²) in [6.45, 7) is 6.01. The van der Waals surface area contributed by atoms with Crippen LogP contribution in [0.25, 0.3) is 5.69 Å². The second kappa shape index (κ2) is 4.27. The van der Waals surface area contributed by atoms with Crippen molar-refractivity contribution in [2.24, 2.45) is 5.73 Å². The third-order valence-electron chi connectivity index (χ3n) is 2.78. The standard InChI is InChI=1S/C13H16BrN3/c1-9-10(13(2,3)15)8-16-17(9)12-7-5-4-6-11(12)14/h4-8H,15H2,1-3H3. The van der Waals surface area contributed by atoms with Crippen molar-refractivity contribution >= 4 is 15.9 Å². The first kappa shape index (κ1) is 12.3. The molecule has 17 heavy (non-hydrogen) atoms. The molecule has 2 N–H and O–H groups in total. The van der Waals surface area contributed by atoms with Crippen molar-refractivity contribution in [1.29, 1.82) is 0 Å². The highest BCUT2D eigenvalue weighted by Crippen LogP contribution is 2.26. The Bertz CT molecular complexity index is 538. The number of hydrogen-bond acceptors (Lipinski definition) is 2. The van der Waals surface area contributed by atoms with Crippen molar-refractivity contribution in [2.75, 3.05) is 0 Å². The van der Waals surface area contributed by atoms with E-state index in [1.807, 2.05) is 55.9 Å². The molecule has 0 unspecified atom stereocenters. The lowest BCUT2D eigenvalue weighted by Gasteiger charge is -2.18. The van der Waals surface area contributed by atoms with Gasteiger partial charge in [-0.25, -0.2) is 4.68 Å². The topological polar surface area (TPSA) is 43.8 Å². The van der Waals surface area contributed by atoms with Crippen LogP contribution in [0.15, 0.2) is 34.9 Å². The van der Waals surface area contributed by atoms with E-state index in [-0.39, 0.29) is 5.54 Å². The zero-order chi connectivity index (χ0) is 12.6. The molecular weight excluding hydrogens is 278 g/mol. The molecule has 0 radical (unpaired) electrons. The van der Waals surface area contributed by atoms with Crippen molar-refractivity contribution in [1.82, 2.24) is 9.78 Å². The molecule has 3 nitrogen and oxygen atoms in total. The van der Waals surface area contributed by atoms with Crippen LogP contribution in [-0.2, 0) is 5.54 Å². The number of para-hydroxylation sites is 1. The summed E-state index contributed by atoms with van der Waals surface area (Å²) in [4.78, 5) is 0. The van der Waals surface area contributed by atoms with E-state index in [4.69, 9.17) is 5.73 Å². The second-order valence-electron chi connectivity index (χ2n) is 4.73. The average molecular weight is 294 g/mol. The maximum Gasteiger partial charge on any atom is 0.0790 e. The number of rotatable bonds is 2. The lowest BCUT2D eigenvalue weighted by Crippen LogP contribution is -2.29. The Labute approximate surface area is 110 Å². The lowest BCUT2D eigenvalue weighted by molar-refractivity contribution is 0.550. The minimum absolute atomic E-state index is 0.371.